The quantitative estimate of drug-likeness (QED) is 0.337. The molecule has 1 atom stereocenters. The summed E-state index contributed by atoms with van der Waals surface area (Å²) in [5, 5.41) is 10.8. The van der Waals surface area contributed by atoms with Crippen molar-refractivity contribution < 1.29 is 19.4 Å². The summed E-state index contributed by atoms with van der Waals surface area (Å²) in [5.74, 6) is -0.310. The van der Waals surface area contributed by atoms with E-state index in [9.17, 15) is 14.7 Å². The molecule has 1 aliphatic carbocycles. The van der Waals surface area contributed by atoms with Crippen molar-refractivity contribution in [1.82, 2.24) is 0 Å². The molecule has 0 saturated heterocycles. The van der Waals surface area contributed by atoms with Gasteiger partial charge in [-0.05, 0) is 47.7 Å². The van der Waals surface area contributed by atoms with Crippen LogP contribution in [0.5, 0.6) is 0 Å². The van der Waals surface area contributed by atoms with Gasteiger partial charge in [0.05, 0.1) is 11.6 Å². The van der Waals surface area contributed by atoms with E-state index in [1.807, 2.05) is 19.1 Å². The Labute approximate surface area is 152 Å². The van der Waals surface area contributed by atoms with E-state index >= 15 is 0 Å². The van der Waals surface area contributed by atoms with Gasteiger partial charge in [-0.3, -0.25) is 9.59 Å². The summed E-state index contributed by atoms with van der Waals surface area (Å²) < 4.78 is 5.03. The van der Waals surface area contributed by atoms with E-state index in [0.717, 1.165) is 38.5 Å². The standard InChI is InChI=1S/C19H27BrO4/c1-3-4-8-11-15-18(22)16(20)14-19(15,23)13-10-7-5-6-9-12-17(21)24-2/h4,8,11,14,23H,3,5-7,9-10,12-13H2,1-2H3/b8-4+,15-11+/t19-/m0/s1. The second kappa shape index (κ2) is 10.6. The Morgan fingerprint density at radius 3 is 2.62 bits per heavy atom. The molecule has 5 heteroatoms. The van der Waals surface area contributed by atoms with Crippen molar-refractivity contribution in [2.75, 3.05) is 7.11 Å². The van der Waals surface area contributed by atoms with Crippen LogP contribution in [-0.2, 0) is 14.3 Å². The van der Waals surface area contributed by atoms with Crippen molar-refractivity contribution in [3.63, 3.8) is 0 Å². The Balaban J connectivity index is 2.43. The van der Waals surface area contributed by atoms with Crippen LogP contribution in [0.4, 0.5) is 0 Å². The number of hydrogen-bond acceptors (Lipinski definition) is 4. The number of unbranched alkanes of at least 4 members (excludes halogenated alkanes) is 4. The monoisotopic (exact) mass is 398 g/mol. The van der Waals surface area contributed by atoms with Gasteiger partial charge in [-0.25, -0.2) is 0 Å². The molecule has 0 amide bonds. The Morgan fingerprint density at radius 1 is 1.29 bits per heavy atom. The van der Waals surface area contributed by atoms with Crippen LogP contribution in [0.25, 0.3) is 0 Å². The van der Waals surface area contributed by atoms with Crippen LogP contribution < -0.4 is 0 Å². The van der Waals surface area contributed by atoms with Crippen LogP contribution in [0.2, 0.25) is 0 Å². The third-order valence-electron chi connectivity index (χ3n) is 4.09. The number of ketones is 1. The molecule has 0 heterocycles. The molecule has 0 aromatic carbocycles. The first-order chi connectivity index (χ1) is 11.4. The predicted octanol–water partition coefficient (Wildman–Crippen LogP) is 4.38. The second-order valence-corrected chi connectivity index (χ2v) is 6.86. The van der Waals surface area contributed by atoms with E-state index in [4.69, 9.17) is 0 Å². The SMILES string of the molecule is CC/C=C/C=C1\C(=O)C(Br)=C[C@@]1(O)CCCCCCCC(=O)OC. The maximum atomic E-state index is 12.2. The minimum atomic E-state index is -1.18. The number of halogens is 1. The Morgan fingerprint density at radius 2 is 1.96 bits per heavy atom. The van der Waals surface area contributed by atoms with Crippen LogP contribution in [-0.4, -0.2) is 29.6 Å². The zero-order chi connectivity index (χ0) is 18.0. The lowest BCUT2D eigenvalue weighted by atomic mass is 9.90. The average molecular weight is 399 g/mol. The largest absolute Gasteiger partial charge is 0.469 e. The van der Waals surface area contributed by atoms with Crippen LogP contribution in [0.15, 0.2) is 34.4 Å². The second-order valence-electron chi connectivity index (χ2n) is 6.01. The van der Waals surface area contributed by atoms with Gasteiger partial charge in [0.15, 0.2) is 5.78 Å². The van der Waals surface area contributed by atoms with Gasteiger partial charge >= 0.3 is 5.97 Å². The number of carbonyl (C=O) groups is 2. The molecule has 0 bridgehead atoms. The molecule has 0 aliphatic heterocycles. The molecule has 24 heavy (non-hydrogen) atoms. The third kappa shape index (κ3) is 6.36. The van der Waals surface area contributed by atoms with Crippen LogP contribution in [0.3, 0.4) is 0 Å². The normalized spacial score (nSPS) is 22.4. The highest BCUT2D eigenvalue weighted by molar-refractivity contribution is 9.12. The summed E-state index contributed by atoms with van der Waals surface area (Å²) in [6.07, 6.45) is 13.6. The molecule has 1 rings (SSSR count). The highest BCUT2D eigenvalue weighted by Gasteiger charge is 2.40. The highest BCUT2D eigenvalue weighted by Crippen LogP contribution is 2.37. The van der Waals surface area contributed by atoms with Gasteiger partial charge in [-0.1, -0.05) is 44.4 Å². The minimum absolute atomic E-state index is 0.142. The fourth-order valence-electron chi connectivity index (χ4n) is 2.70. The molecular weight excluding hydrogens is 372 g/mol. The number of allylic oxidation sites excluding steroid dienone is 4. The number of esters is 1. The molecule has 0 saturated carbocycles. The molecule has 1 N–H and O–H groups in total. The molecule has 0 radical (unpaired) electrons. The number of methoxy groups -OCH3 is 1. The number of hydrogen-bond donors (Lipinski definition) is 1. The lowest BCUT2D eigenvalue weighted by molar-refractivity contribution is -0.140. The lowest BCUT2D eigenvalue weighted by Crippen LogP contribution is -2.27. The van der Waals surface area contributed by atoms with E-state index in [1.54, 1.807) is 12.2 Å². The molecule has 0 aromatic rings. The van der Waals surface area contributed by atoms with Gasteiger partial charge in [-0.2, -0.15) is 0 Å². The van der Waals surface area contributed by atoms with Gasteiger partial charge in [0.1, 0.15) is 5.60 Å². The molecule has 0 unspecified atom stereocenters. The van der Waals surface area contributed by atoms with E-state index < -0.39 is 5.60 Å². The summed E-state index contributed by atoms with van der Waals surface area (Å²) in [5.41, 5.74) is -0.746. The summed E-state index contributed by atoms with van der Waals surface area (Å²) in [6, 6.07) is 0. The van der Waals surface area contributed by atoms with E-state index in [-0.39, 0.29) is 11.8 Å². The smallest absolute Gasteiger partial charge is 0.305 e. The number of carbonyl (C=O) groups excluding carboxylic acids is 2. The van der Waals surface area contributed by atoms with Gasteiger partial charge in [0.25, 0.3) is 0 Å². The first-order valence-electron chi connectivity index (χ1n) is 8.54. The topological polar surface area (TPSA) is 63.6 Å². The highest BCUT2D eigenvalue weighted by atomic mass is 79.9. The Hall–Kier alpha value is -1.20. The van der Waals surface area contributed by atoms with Crippen molar-refractivity contribution in [2.24, 2.45) is 0 Å². The van der Waals surface area contributed by atoms with Crippen molar-refractivity contribution in [3.8, 4) is 0 Å². The molecular formula is C19H27BrO4. The summed E-state index contributed by atoms with van der Waals surface area (Å²) in [6.45, 7) is 2.02. The Bertz CT molecular complexity index is 533. The molecule has 0 spiro atoms. The third-order valence-corrected chi connectivity index (χ3v) is 4.68. The summed E-state index contributed by atoms with van der Waals surface area (Å²) >= 11 is 3.24. The van der Waals surface area contributed by atoms with Gasteiger partial charge < -0.3 is 9.84 Å². The number of aliphatic hydroxyl groups is 1. The maximum Gasteiger partial charge on any atom is 0.305 e. The lowest BCUT2D eigenvalue weighted by Gasteiger charge is -2.22. The first kappa shape index (κ1) is 20.8. The van der Waals surface area contributed by atoms with Crippen molar-refractivity contribution >= 4 is 27.7 Å². The van der Waals surface area contributed by atoms with Crippen LogP contribution in [0.1, 0.15) is 58.3 Å². The van der Waals surface area contributed by atoms with Gasteiger partial charge in [0.2, 0.25) is 0 Å². The number of Topliss-reactive ketones (excluding diaryl/α,β-unsaturated/α-hetero) is 1. The predicted molar refractivity (Wildman–Crippen MR) is 98.8 cm³/mol. The van der Waals surface area contributed by atoms with E-state index in [2.05, 4.69) is 20.7 Å². The zero-order valence-electron chi connectivity index (χ0n) is 14.5. The summed E-state index contributed by atoms with van der Waals surface area (Å²) in [7, 11) is 1.40. The zero-order valence-corrected chi connectivity index (χ0v) is 16.1. The van der Waals surface area contributed by atoms with Crippen molar-refractivity contribution in [3.05, 3.63) is 34.4 Å². The van der Waals surface area contributed by atoms with Crippen LogP contribution >= 0.6 is 15.9 Å². The molecule has 0 aromatic heterocycles. The Kier molecular flexibility index (Phi) is 9.22. The molecule has 1 aliphatic rings. The average Bonchev–Trinajstić information content (AvgIpc) is 2.77. The van der Waals surface area contributed by atoms with E-state index in [1.165, 1.54) is 7.11 Å². The first-order valence-corrected chi connectivity index (χ1v) is 9.33. The molecule has 134 valence electrons. The van der Waals surface area contributed by atoms with Crippen molar-refractivity contribution in [2.45, 2.75) is 63.9 Å². The van der Waals surface area contributed by atoms with Crippen LogP contribution in [0, 0.1) is 0 Å². The van der Waals surface area contributed by atoms with Crippen molar-refractivity contribution in [1.29, 1.82) is 0 Å². The number of rotatable bonds is 10. The van der Waals surface area contributed by atoms with Gasteiger partial charge in [-0.15, -0.1) is 0 Å². The molecule has 0 fully saturated rings. The fraction of sp³-hybridized carbons (Fsp3) is 0.579. The molecule has 4 nitrogen and oxygen atoms in total. The summed E-state index contributed by atoms with van der Waals surface area (Å²) in [4.78, 5) is 23.2. The minimum Gasteiger partial charge on any atom is -0.469 e. The maximum absolute atomic E-state index is 12.2. The fourth-order valence-corrected chi connectivity index (χ4v) is 3.29. The number of ether oxygens (including phenoxy) is 1. The van der Waals surface area contributed by atoms with Gasteiger partial charge in [0, 0.05) is 12.0 Å². The van der Waals surface area contributed by atoms with E-state index in [0.29, 0.717) is 22.9 Å².